The van der Waals surface area contributed by atoms with E-state index < -0.39 is 0 Å². The Morgan fingerprint density at radius 2 is 2.05 bits per heavy atom. The van der Waals surface area contributed by atoms with Crippen LogP contribution in [0.3, 0.4) is 0 Å². The van der Waals surface area contributed by atoms with Crippen molar-refractivity contribution >= 4 is 17.6 Å². The Morgan fingerprint density at radius 1 is 1.32 bits per heavy atom. The summed E-state index contributed by atoms with van der Waals surface area (Å²) in [5.74, 6) is 0.766. The van der Waals surface area contributed by atoms with Crippen molar-refractivity contribution in [3.05, 3.63) is 59.4 Å². The molecule has 0 saturated carbocycles. The number of nitrogens with two attached hydrogens (primary N) is 1. The fourth-order valence-corrected chi connectivity index (χ4v) is 2.51. The topological polar surface area (TPSA) is 71.5 Å². The van der Waals surface area contributed by atoms with Crippen molar-refractivity contribution in [1.82, 2.24) is 4.98 Å². The first-order chi connectivity index (χ1) is 9.20. The quantitative estimate of drug-likeness (QED) is 0.295. The normalized spacial score (nSPS) is 11.5. The number of benzene rings is 1. The summed E-state index contributed by atoms with van der Waals surface area (Å²) in [5.41, 5.74) is 8.33. The molecule has 0 atom stereocenters. The first kappa shape index (κ1) is 13.4. The highest BCUT2D eigenvalue weighted by Crippen LogP contribution is 2.24. The van der Waals surface area contributed by atoms with Gasteiger partial charge in [0.05, 0.1) is 0 Å². The SMILES string of the molecule is Cc1ccc(SCc2cccnc2/C(N)=N/O)cc1. The largest absolute Gasteiger partial charge is 0.409 e. The number of amidine groups is 1. The van der Waals surface area contributed by atoms with Gasteiger partial charge in [-0.2, -0.15) is 0 Å². The zero-order valence-corrected chi connectivity index (χ0v) is 11.4. The fourth-order valence-electron chi connectivity index (χ4n) is 1.63. The van der Waals surface area contributed by atoms with Gasteiger partial charge in [0.25, 0.3) is 0 Å². The molecular formula is C14H15N3OS. The van der Waals surface area contributed by atoms with E-state index in [1.54, 1.807) is 18.0 Å². The van der Waals surface area contributed by atoms with Crippen molar-refractivity contribution in [2.75, 3.05) is 0 Å². The van der Waals surface area contributed by atoms with Gasteiger partial charge in [0.1, 0.15) is 5.69 Å². The van der Waals surface area contributed by atoms with E-state index in [-0.39, 0.29) is 5.84 Å². The Morgan fingerprint density at radius 3 is 2.74 bits per heavy atom. The molecule has 0 bridgehead atoms. The van der Waals surface area contributed by atoms with E-state index in [1.165, 1.54) is 10.5 Å². The van der Waals surface area contributed by atoms with Crippen molar-refractivity contribution in [3.63, 3.8) is 0 Å². The van der Waals surface area contributed by atoms with Crippen molar-refractivity contribution in [3.8, 4) is 0 Å². The summed E-state index contributed by atoms with van der Waals surface area (Å²) in [6.45, 7) is 2.06. The number of oxime groups is 1. The molecule has 2 rings (SSSR count). The molecule has 0 amide bonds. The lowest BCUT2D eigenvalue weighted by atomic mass is 10.2. The van der Waals surface area contributed by atoms with Gasteiger partial charge >= 0.3 is 0 Å². The van der Waals surface area contributed by atoms with E-state index in [2.05, 4.69) is 41.3 Å². The third-order valence-corrected chi connectivity index (χ3v) is 3.72. The van der Waals surface area contributed by atoms with E-state index in [1.807, 2.05) is 12.1 Å². The van der Waals surface area contributed by atoms with Crippen LogP contribution in [0.15, 0.2) is 52.6 Å². The molecule has 4 nitrogen and oxygen atoms in total. The molecule has 0 radical (unpaired) electrons. The molecule has 0 aliphatic heterocycles. The lowest BCUT2D eigenvalue weighted by Crippen LogP contribution is -2.17. The zero-order valence-electron chi connectivity index (χ0n) is 10.6. The maximum atomic E-state index is 8.74. The molecule has 1 heterocycles. The number of thioether (sulfide) groups is 1. The van der Waals surface area contributed by atoms with Crippen LogP contribution < -0.4 is 5.73 Å². The minimum Gasteiger partial charge on any atom is -0.409 e. The van der Waals surface area contributed by atoms with E-state index >= 15 is 0 Å². The summed E-state index contributed by atoms with van der Waals surface area (Å²) in [5, 5.41) is 11.8. The van der Waals surface area contributed by atoms with E-state index in [4.69, 9.17) is 10.9 Å². The van der Waals surface area contributed by atoms with Crippen molar-refractivity contribution in [2.45, 2.75) is 17.6 Å². The van der Waals surface area contributed by atoms with E-state index in [9.17, 15) is 0 Å². The van der Waals surface area contributed by atoms with Crippen molar-refractivity contribution in [2.24, 2.45) is 10.9 Å². The lowest BCUT2D eigenvalue weighted by molar-refractivity contribution is 0.318. The van der Waals surface area contributed by atoms with Gasteiger partial charge < -0.3 is 10.9 Å². The summed E-state index contributed by atoms with van der Waals surface area (Å²) in [6, 6.07) is 12.1. The van der Waals surface area contributed by atoms with Crippen LogP contribution in [0.2, 0.25) is 0 Å². The van der Waals surface area contributed by atoms with Gasteiger partial charge in [0.15, 0.2) is 5.84 Å². The Kier molecular flexibility index (Phi) is 4.41. The van der Waals surface area contributed by atoms with Gasteiger partial charge in [0.2, 0.25) is 0 Å². The lowest BCUT2D eigenvalue weighted by Gasteiger charge is -2.07. The van der Waals surface area contributed by atoms with Crippen LogP contribution >= 0.6 is 11.8 Å². The molecule has 0 saturated heterocycles. The highest BCUT2D eigenvalue weighted by atomic mass is 32.2. The molecule has 5 heteroatoms. The second-order valence-corrected chi connectivity index (χ2v) is 5.15. The molecule has 0 unspecified atom stereocenters. The highest BCUT2D eigenvalue weighted by molar-refractivity contribution is 7.98. The molecule has 98 valence electrons. The summed E-state index contributed by atoms with van der Waals surface area (Å²) >= 11 is 1.69. The molecule has 0 aliphatic carbocycles. The number of aromatic nitrogens is 1. The number of hydrogen-bond acceptors (Lipinski definition) is 4. The van der Waals surface area contributed by atoms with Gasteiger partial charge in [0, 0.05) is 16.8 Å². The molecular weight excluding hydrogens is 258 g/mol. The average molecular weight is 273 g/mol. The first-order valence-corrected chi connectivity index (χ1v) is 6.80. The standard InChI is InChI=1S/C14H15N3OS/c1-10-4-6-12(7-5-10)19-9-11-3-2-8-16-13(11)14(15)17-18/h2-8,18H,9H2,1H3,(H2,15,17). The molecule has 19 heavy (non-hydrogen) atoms. The molecule has 2 aromatic rings. The first-order valence-electron chi connectivity index (χ1n) is 5.82. The summed E-state index contributed by atoms with van der Waals surface area (Å²) < 4.78 is 0. The maximum Gasteiger partial charge on any atom is 0.189 e. The van der Waals surface area contributed by atoms with Crippen LogP contribution in [0.5, 0.6) is 0 Å². The smallest absolute Gasteiger partial charge is 0.189 e. The number of hydrogen-bond donors (Lipinski definition) is 2. The fraction of sp³-hybridized carbons (Fsp3) is 0.143. The van der Waals surface area contributed by atoms with Gasteiger partial charge in [-0.1, -0.05) is 28.9 Å². The third kappa shape index (κ3) is 3.48. The van der Waals surface area contributed by atoms with Crippen LogP contribution in [0.25, 0.3) is 0 Å². The van der Waals surface area contributed by atoms with Gasteiger partial charge in [-0.3, -0.25) is 4.98 Å². The highest BCUT2D eigenvalue weighted by Gasteiger charge is 2.08. The number of rotatable bonds is 4. The Hall–Kier alpha value is -2.01. The van der Waals surface area contributed by atoms with E-state index in [0.29, 0.717) is 5.69 Å². The van der Waals surface area contributed by atoms with Crippen molar-refractivity contribution in [1.29, 1.82) is 0 Å². The number of nitrogens with zero attached hydrogens (tertiary/aromatic N) is 2. The summed E-state index contributed by atoms with van der Waals surface area (Å²) in [4.78, 5) is 5.33. The minimum atomic E-state index is 0.0418. The summed E-state index contributed by atoms with van der Waals surface area (Å²) in [6.07, 6.45) is 1.63. The Bertz CT molecular complexity index is 581. The Balaban J connectivity index is 2.13. The molecule has 1 aromatic carbocycles. The van der Waals surface area contributed by atoms with Crippen LogP contribution in [0.4, 0.5) is 0 Å². The predicted molar refractivity (Wildman–Crippen MR) is 77.5 cm³/mol. The maximum absolute atomic E-state index is 8.74. The molecule has 0 spiro atoms. The molecule has 1 aromatic heterocycles. The van der Waals surface area contributed by atoms with Gasteiger partial charge in [-0.25, -0.2) is 0 Å². The number of aryl methyl sites for hydroxylation is 1. The van der Waals surface area contributed by atoms with Crippen LogP contribution in [-0.4, -0.2) is 16.0 Å². The monoisotopic (exact) mass is 273 g/mol. The van der Waals surface area contributed by atoms with Crippen molar-refractivity contribution < 1.29 is 5.21 Å². The summed E-state index contributed by atoms with van der Waals surface area (Å²) in [7, 11) is 0. The van der Waals surface area contributed by atoms with E-state index in [0.717, 1.165) is 11.3 Å². The molecule has 0 fully saturated rings. The second-order valence-electron chi connectivity index (χ2n) is 4.10. The minimum absolute atomic E-state index is 0.0418. The molecule has 3 N–H and O–H groups in total. The second kappa shape index (κ2) is 6.24. The van der Waals surface area contributed by atoms with Gasteiger partial charge in [-0.15, -0.1) is 11.8 Å². The third-order valence-electron chi connectivity index (χ3n) is 2.66. The molecule has 0 aliphatic rings. The van der Waals surface area contributed by atoms with Crippen LogP contribution in [0, 0.1) is 6.92 Å². The average Bonchev–Trinajstić information content (AvgIpc) is 2.46. The number of pyridine rings is 1. The van der Waals surface area contributed by atoms with Crippen LogP contribution in [-0.2, 0) is 5.75 Å². The van der Waals surface area contributed by atoms with Gasteiger partial charge in [-0.05, 0) is 30.7 Å². The van der Waals surface area contributed by atoms with Crippen LogP contribution in [0.1, 0.15) is 16.8 Å². The Labute approximate surface area is 116 Å². The zero-order chi connectivity index (χ0) is 13.7. The predicted octanol–water partition coefficient (Wildman–Crippen LogP) is 2.78.